The first kappa shape index (κ1) is 52.2. The molecule has 0 fully saturated rings. The second-order valence-electron chi connectivity index (χ2n) is 13.6. The number of phosphoric ester groups is 1. The van der Waals surface area contributed by atoms with Crippen LogP contribution < -0.4 is 5.32 Å². The van der Waals surface area contributed by atoms with E-state index >= 15 is 0 Å². The van der Waals surface area contributed by atoms with E-state index in [2.05, 4.69) is 104 Å². The normalized spacial score (nSPS) is 14.2. The topological polar surface area (TPSA) is 131 Å². The Morgan fingerprint density at radius 2 is 1.05 bits per heavy atom. The number of unbranched alkanes of at least 4 members (excludes halogenated alkanes) is 11. The van der Waals surface area contributed by atoms with Gasteiger partial charge < -0.3 is 20.1 Å². The lowest BCUT2D eigenvalue weighted by Crippen LogP contribution is -2.27. The van der Waals surface area contributed by atoms with Crippen molar-refractivity contribution >= 4 is 19.7 Å². The first-order valence-electron chi connectivity index (χ1n) is 21.1. The van der Waals surface area contributed by atoms with E-state index in [0.29, 0.717) is 12.8 Å². The summed E-state index contributed by atoms with van der Waals surface area (Å²) in [5.41, 5.74) is 0. The fourth-order valence-corrected chi connectivity index (χ4v) is 5.91. The molecule has 55 heavy (non-hydrogen) atoms. The molecule has 0 aliphatic heterocycles. The summed E-state index contributed by atoms with van der Waals surface area (Å²) in [6, 6.07) is 0. The van der Waals surface area contributed by atoms with Gasteiger partial charge >= 0.3 is 13.8 Å². The molecular formula is C45H76NO8P. The maximum absolute atomic E-state index is 12.1. The summed E-state index contributed by atoms with van der Waals surface area (Å²) in [6.45, 7) is 3.31. The number of phosphoric acid groups is 1. The van der Waals surface area contributed by atoms with Crippen molar-refractivity contribution in [3.8, 4) is 0 Å². The smallest absolute Gasteiger partial charge is 0.463 e. The lowest BCUT2D eigenvalue weighted by molar-refractivity contribution is -0.147. The van der Waals surface area contributed by atoms with Gasteiger partial charge in [-0.05, 0) is 83.5 Å². The number of ether oxygens (including phenoxy) is 1. The van der Waals surface area contributed by atoms with Gasteiger partial charge in [0.15, 0.2) is 0 Å². The van der Waals surface area contributed by atoms with Crippen LogP contribution in [0.25, 0.3) is 0 Å². The number of allylic oxidation sites excluding steroid dienone is 14. The number of esters is 1. The average molecular weight is 790 g/mol. The summed E-state index contributed by atoms with van der Waals surface area (Å²) in [5, 5.41) is 12.6. The molecule has 0 aromatic carbocycles. The number of rotatable bonds is 38. The fourth-order valence-electron chi connectivity index (χ4n) is 5.15. The third-order valence-corrected chi connectivity index (χ3v) is 9.29. The third-order valence-electron chi connectivity index (χ3n) is 8.31. The van der Waals surface area contributed by atoms with E-state index in [9.17, 15) is 24.2 Å². The Kier molecular flexibility index (Phi) is 38.8. The van der Waals surface area contributed by atoms with Crippen LogP contribution in [-0.4, -0.2) is 54.3 Å². The van der Waals surface area contributed by atoms with Gasteiger partial charge in [-0.3, -0.25) is 18.6 Å². The van der Waals surface area contributed by atoms with Gasteiger partial charge in [-0.25, -0.2) is 4.57 Å². The Morgan fingerprint density at radius 3 is 1.60 bits per heavy atom. The number of nitrogens with one attached hydrogen (secondary N) is 1. The number of carbonyl (C=O) groups excluding carboxylic acids is 2. The highest BCUT2D eigenvalue weighted by Gasteiger charge is 2.23. The quantitative estimate of drug-likeness (QED) is 0.0244. The number of carbonyl (C=O) groups is 2. The predicted molar refractivity (Wildman–Crippen MR) is 229 cm³/mol. The molecule has 314 valence electrons. The molecule has 0 aromatic heterocycles. The molecule has 9 nitrogen and oxygen atoms in total. The minimum Gasteiger partial charge on any atom is -0.463 e. The maximum atomic E-state index is 12.1. The van der Waals surface area contributed by atoms with Crippen LogP contribution in [-0.2, 0) is 27.9 Å². The van der Waals surface area contributed by atoms with Gasteiger partial charge in [0.25, 0.3) is 0 Å². The van der Waals surface area contributed by atoms with Crippen molar-refractivity contribution in [2.75, 3.05) is 26.4 Å². The Labute approximate surface area is 334 Å². The highest BCUT2D eigenvalue weighted by atomic mass is 31.2. The molecule has 0 aliphatic carbocycles. The van der Waals surface area contributed by atoms with Crippen LogP contribution in [0.4, 0.5) is 0 Å². The first-order valence-corrected chi connectivity index (χ1v) is 22.6. The Morgan fingerprint density at radius 1 is 0.582 bits per heavy atom. The first-order chi connectivity index (χ1) is 26.8. The van der Waals surface area contributed by atoms with Crippen LogP contribution in [0.1, 0.15) is 155 Å². The largest absolute Gasteiger partial charge is 0.472 e. The van der Waals surface area contributed by atoms with E-state index in [1.807, 2.05) is 0 Å². The van der Waals surface area contributed by atoms with E-state index in [1.165, 1.54) is 44.9 Å². The molecule has 0 saturated heterocycles. The SMILES string of the molecule is CC/C=C\C/C=C\C/C=C\CCCCCCCCCC(=O)OCC(O)COP(=O)(O)OCCNC(=O)CCC/C=C\C/C=C\C/C=C\C/C=C\CCCCC. The second kappa shape index (κ2) is 40.8. The number of aliphatic hydroxyl groups is 1. The summed E-state index contributed by atoms with van der Waals surface area (Å²) in [4.78, 5) is 33.9. The minimum atomic E-state index is -4.44. The molecular weight excluding hydrogens is 713 g/mol. The van der Waals surface area contributed by atoms with E-state index in [-0.39, 0.29) is 32.1 Å². The van der Waals surface area contributed by atoms with Gasteiger partial charge in [0.05, 0.1) is 13.2 Å². The lowest BCUT2D eigenvalue weighted by Gasteiger charge is -2.15. The Balaban J connectivity index is 3.72. The lowest BCUT2D eigenvalue weighted by atomic mass is 10.1. The zero-order chi connectivity index (χ0) is 40.3. The summed E-state index contributed by atoms with van der Waals surface area (Å²) in [6.07, 6.45) is 50.9. The standard InChI is InChI=1S/C45H76NO8P/c1-3-5-7-9-11-13-15-17-19-21-23-25-27-29-31-33-35-37-44(48)46-39-40-53-55(50,51)54-42-43(47)41-52-45(49)38-36-34-32-30-28-26-24-22-20-18-16-14-12-10-8-6-4-2/h6,8,11-14,17-20,23,25,29,31,43,47H,3-5,7,9-10,15-16,21-22,24,26-28,30,32-42H2,1-2H3,(H,46,48)(H,50,51)/b8-6-,13-11-,14-12-,19-17-,20-18-,25-23-,31-29-. The summed E-state index contributed by atoms with van der Waals surface area (Å²) in [7, 11) is -4.44. The zero-order valence-corrected chi connectivity index (χ0v) is 35.2. The number of amides is 1. The molecule has 0 radical (unpaired) electrons. The van der Waals surface area contributed by atoms with Crippen molar-refractivity contribution < 1.29 is 37.9 Å². The second-order valence-corrected chi connectivity index (χ2v) is 15.0. The third kappa shape index (κ3) is 42.2. The van der Waals surface area contributed by atoms with Gasteiger partial charge in [0, 0.05) is 19.4 Å². The molecule has 10 heteroatoms. The van der Waals surface area contributed by atoms with Crippen molar-refractivity contribution in [1.82, 2.24) is 5.32 Å². The summed E-state index contributed by atoms with van der Waals surface area (Å²) < 4.78 is 26.8. The van der Waals surface area contributed by atoms with E-state index in [1.54, 1.807) is 0 Å². The van der Waals surface area contributed by atoms with E-state index < -0.39 is 26.5 Å². The van der Waals surface area contributed by atoms with Gasteiger partial charge in [-0.1, -0.05) is 144 Å². The van der Waals surface area contributed by atoms with Crippen molar-refractivity contribution in [1.29, 1.82) is 0 Å². The summed E-state index contributed by atoms with van der Waals surface area (Å²) >= 11 is 0. The van der Waals surface area contributed by atoms with Gasteiger partial charge in [-0.15, -0.1) is 0 Å². The van der Waals surface area contributed by atoms with Gasteiger partial charge in [0.2, 0.25) is 5.91 Å². The molecule has 1 amide bonds. The fraction of sp³-hybridized carbons (Fsp3) is 0.644. The Bertz CT molecular complexity index is 1170. The maximum Gasteiger partial charge on any atom is 0.472 e. The molecule has 0 heterocycles. The predicted octanol–water partition coefficient (Wildman–Crippen LogP) is 11.7. The van der Waals surface area contributed by atoms with Crippen LogP contribution in [0.5, 0.6) is 0 Å². The highest BCUT2D eigenvalue weighted by Crippen LogP contribution is 2.42. The molecule has 0 bridgehead atoms. The van der Waals surface area contributed by atoms with Crippen LogP contribution in [0.3, 0.4) is 0 Å². The van der Waals surface area contributed by atoms with Gasteiger partial charge in [0.1, 0.15) is 12.7 Å². The molecule has 0 spiro atoms. The van der Waals surface area contributed by atoms with Crippen molar-refractivity contribution in [3.63, 3.8) is 0 Å². The van der Waals surface area contributed by atoms with Crippen LogP contribution in [0.2, 0.25) is 0 Å². The van der Waals surface area contributed by atoms with E-state index in [4.69, 9.17) is 13.8 Å². The molecule has 2 unspecified atom stereocenters. The molecule has 0 aromatic rings. The van der Waals surface area contributed by atoms with Crippen molar-refractivity contribution in [2.24, 2.45) is 0 Å². The molecule has 2 atom stereocenters. The zero-order valence-electron chi connectivity index (χ0n) is 34.3. The van der Waals surface area contributed by atoms with Crippen LogP contribution in [0, 0.1) is 0 Å². The van der Waals surface area contributed by atoms with Crippen molar-refractivity contribution in [3.05, 3.63) is 85.1 Å². The minimum absolute atomic E-state index is 0.0466. The van der Waals surface area contributed by atoms with Crippen LogP contribution in [0.15, 0.2) is 85.1 Å². The van der Waals surface area contributed by atoms with Crippen LogP contribution >= 0.6 is 7.82 Å². The molecule has 0 rings (SSSR count). The average Bonchev–Trinajstić information content (AvgIpc) is 3.17. The molecule has 3 N–H and O–H groups in total. The van der Waals surface area contributed by atoms with E-state index in [0.717, 1.165) is 77.0 Å². The molecule has 0 aliphatic rings. The van der Waals surface area contributed by atoms with Crippen molar-refractivity contribution in [2.45, 2.75) is 161 Å². The monoisotopic (exact) mass is 790 g/mol. The highest BCUT2D eigenvalue weighted by molar-refractivity contribution is 7.47. The summed E-state index contributed by atoms with van der Waals surface area (Å²) in [5.74, 6) is -0.591. The number of hydrogen-bond acceptors (Lipinski definition) is 7. The number of hydrogen-bond donors (Lipinski definition) is 3. The van der Waals surface area contributed by atoms with Gasteiger partial charge in [-0.2, -0.15) is 0 Å². The Hall–Kier alpha value is -2.81. The number of aliphatic hydroxyl groups excluding tert-OH is 1. The molecule has 0 saturated carbocycles.